The van der Waals surface area contributed by atoms with Gasteiger partial charge in [-0.05, 0) is 58.2 Å². The summed E-state index contributed by atoms with van der Waals surface area (Å²) < 4.78 is 11.5. The Labute approximate surface area is 224 Å². The lowest BCUT2D eigenvalue weighted by molar-refractivity contribution is -0.152. The zero-order valence-corrected chi connectivity index (χ0v) is 22.0. The number of esters is 1. The fraction of sp³-hybridized carbons (Fsp3) is 0.233. The molecule has 0 aliphatic carbocycles. The Morgan fingerprint density at radius 1 is 1.08 bits per heavy atom. The van der Waals surface area contributed by atoms with Crippen molar-refractivity contribution in [1.82, 2.24) is 0 Å². The first kappa shape index (κ1) is 24.8. The normalized spacial score (nSPS) is 23.5. The molecule has 186 valence electrons. The molecular weight excluding hydrogens is 532 g/mol. The summed E-state index contributed by atoms with van der Waals surface area (Å²) in [6.07, 6.45) is 3.77. The van der Waals surface area contributed by atoms with Crippen LogP contribution in [0.25, 0.3) is 6.08 Å². The topological polar surface area (TPSA) is 79.6 Å². The van der Waals surface area contributed by atoms with Gasteiger partial charge in [-0.25, -0.2) is 0 Å². The average Bonchev–Trinajstić information content (AvgIpc) is 3.25. The minimum absolute atomic E-state index is 0.126. The van der Waals surface area contributed by atoms with Gasteiger partial charge in [-0.2, -0.15) is 5.26 Å². The quantitative estimate of drug-likeness (QED) is 0.283. The molecular formula is C30H25BrN2O4. The molecule has 37 heavy (non-hydrogen) atoms. The average molecular weight is 557 g/mol. The number of hydrogen-bond acceptors (Lipinski definition) is 6. The highest BCUT2D eigenvalue weighted by molar-refractivity contribution is 9.10. The van der Waals surface area contributed by atoms with Gasteiger partial charge in [0.1, 0.15) is 11.8 Å². The maximum absolute atomic E-state index is 14.4. The van der Waals surface area contributed by atoms with Gasteiger partial charge in [0.2, 0.25) is 0 Å². The van der Waals surface area contributed by atoms with Crippen LogP contribution in [0.3, 0.4) is 0 Å². The fourth-order valence-electron chi connectivity index (χ4n) is 5.64. The second kappa shape index (κ2) is 9.87. The van der Waals surface area contributed by atoms with Crippen LogP contribution >= 0.6 is 15.9 Å². The van der Waals surface area contributed by atoms with Gasteiger partial charge in [0.15, 0.2) is 11.2 Å². The molecule has 0 spiro atoms. The molecule has 2 aliphatic heterocycles. The zero-order valence-electron chi connectivity index (χ0n) is 20.4. The second-order valence-electron chi connectivity index (χ2n) is 9.02. The van der Waals surface area contributed by atoms with Crippen LogP contribution < -0.4 is 9.64 Å². The number of carbonyl (C=O) groups excluding carboxylic acids is 2. The van der Waals surface area contributed by atoms with Crippen molar-refractivity contribution in [3.63, 3.8) is 0 Å². The van der Waals surface area contributed by atoms with Gasteiger partial charge in [-0.3, -0.25) is 9.59 Å². The van der Waals surface area contributed by atoms with Crippen molar-refractivity contribution in [2.45, 2.75) is 24.9 Å². The first-order chi connectivity index (χ1) is 18.0. The van der Waals surface area contributed by atoms with E-state index in [2.05, 4.69) is 22.0 Å². The third-order valence-electron chi connectivity index (χ3n) is 7.21. The fourth-order valence-corrected chi connectivity index (χ4v) is 6.18. The zero-order chi connectivity index (χ0) is 26.2. The van der Waals surface area contributed by atoms with Crippen molar-refractivity contribution in [1.29, 1.82) is 5.26 Å². The Morgan fingerprint density at radius 2 is 1.81 bits per heavy atom. The monoisotopic (exact) mass is 556 g/mol. The van der Waals surface area contributed by atoms with E-state index in [4.69, 9.17) is 9.47 Å². The van der Waals surface area contributed by atoms with Crippen LogP contribution in [0.2, 0.25) is 0 Å². The van der Waals surface area contributed by atoms with Gasteiger partial charge in [-0.15, -0.1) is 0 Å². The molecule has 7 heteroatoms. The van der Waals surface area contributed by atoms with E-state index in [0.717, 1.165) is 16.8 Å². The minimum atomic E-state index is -1.65. The number of nitriles is 1. The Morgan fingerprint density at radius 3 is 2.49 bits per heavy atom. The number of ether oxygens (including phenoxy) is 2. The molecule has 1 saturated heterocycles. The van der Waals surface area contributed by atoms with Crippen molar-refractivity contribution in [3.8, 4) is 11.8 Å². The van der Waals surface area contributed by atoms with Crippen LogP contribution in [0.15, 0.2) is 83.3 Å². The first-order valence-electron chi connectivity index (χ1n) is 12.0. The van der Waals surface area contributed by atoms with Gasteiger partial charge >= 0.3 is 5.97 Å². The molecule has 0 N–H and O–H groups in total. The molecule has 3 aromatic rings. The summed E-state index contributed by atoms with van der Waals surface area (Å²) in [6.45, 7) is 1.84. The highest BCUT2D eigenvalue weighted by atomic mass is 79.9. The van der Waals surface area contributed by atoms with Gasteiger partial charge in [0.05, 0.1) is 30.3 Å². The molecule has 6 nitrogen and oxygen atoms in total. The number of halogens is 1. The van der Waals surface area contributed by atoms with Crippen molar-refractivity contribution < 1.29 is 19.1 Å². The van der Waals surface area contributed by atoms with E-state index in [0.29, 0.717) is 15.8 Å². The summed E-state index contributed by atoms with van der Waals surface area (Å²) in [5.74, 6) is -1.01. The number of nitrogens with zero attached hydrogens (tertiary/aromatic N) is 2. The number of benzene rings is 3. The largest absolute Gasteiger partial charge is 0.496 e. The molecule has 2 heterocycles. The van der Waals surface area contributed by atoms with Crippen molar-refractivity contribution in [2.75, 3.05) is 18.6 Å². The summed E-state index contributed by atoms with van der Waals surface area (Å²) in [5, 5.41) is 10.8. The number of para-hydroxylation sites is 1. The van der Waals surface area contributed by atoms with E-state index >= 15 is 0 Å². The minimum Gasteiger partial charge on any atom is -0.496 e. The first-order valence-corrected chi connectivity index (χ1v) is 12.8. The Hall–Kier alpha value is -3.89. The van der Waals surface area contributed by atoms with Crippen molar-refractivity contribution in [2.24, 2.45) is 5.41 Å². The highest BCUT2D eigenvalue weighted by Gasteiger charge is 2.67. The van der Waals surface area contributed by atoms with Crippen LogP contribution in [0.5, 0.6) is 5.75 Å². The van der Waals surface area contributed by atoms with Crippen molar-refractivity contribution >= 4 is 39.4 Å². The number of ketones is 1. The molecule has 3 aromatic carbocycles. The van der Waals surface area contributed by atoms with E-state index in [1.807, 2.05) is 71.6 Å². The predicted octanol–water partition coefficient (Wildman–Crippen LogP) is 5.78. The molecule has 4 atom stereocenters. The van der Waals surface area contributed by atoms with Gasteiger partial charge < -0.3 is 14.4 Å². The Kier molecular flexibility index (Phi) is 6.61. The number of carbonyl (C=O) groups is 2. The maximum Gasteiger partial charge on any atom is 0.329 e. The van der Waals surface area contributed by atoms with E-state index in [1.165, 1.54) is 0 Å². The number of hydrogen-bond donors (Lipinski definition) is 0. The predicted molar refractivity (Wildman–Crippen MR) is 144 cm³/mol. The van der Waals surface area contributed by atoms with Crippen LogP contribution in [0.4, 0.5) is 5.69 Å². The Balaban J connectivity index is 1.79. The maximum atomic E-state index is 14.4. The molecule has 0 saturated carbocycles. The van der Waals surface area contributed by atoms with Crippen LogP contribution in [-0.4, -0.2) is 37.6 Å². The molecule has 0 radical (unpaired) electrons. The Bertz CT molecular complexity index is 1430. The molecule has 0 bridgehead atoms. The highest BCUT2D eigenvalue weighted by Crippen LogP contribution is 2.56. The summed E-state index contributed by atoms with van der Waals surface area (Å²) >= 11 is 3.49. The lowest BCUT2D eigenvalue weighted by atomic mass is 9.68. The number of methoxy groups -OCH3 is 1. The smallest absolute Gasteiger partial charge is 0.329 e. The van der Waals surface area contributed by atoms with Crippen LogP contribution in [-0.2, 0) is 9.53 Å². The molecule has 0 unspecified atom stereocenters. The van der Waals surface area contributed by atoms with Gasteiger partial charge in [-0.1, -0.05) is 60.7 Å². The standard InChI is InChI=1S/C30H25BrN2O4/c1-3-37-29(35)30(18-32)25-16-14-19-9-7-8-12-23(19)33(25)27(26(30)20-10-5-4-6-11-20)28(34)21-13-15-24(36-2)22(31)17-21/h4-17,25-27H,3H2,1-2H3/t25-,26+,27+,30+/m1/s1. The summed E-state index contributed by atoms with van der Waals surface area (Å²) in [6, 6.07) is 23.0. The van der Waals surface area contributed by atoms with Crippen LogP contribution in [0, 0.1) is 16.7 Å². The van der Waals surface area contributed by atoms with E-state index in [-0.39, 0.29) is 12.4 Å². The third-order valence-corrected chi connectivity index (χ3v) is 7.83. The molecule has 5 rings (SSSR count). The van der Waals surface area contributed by atoms with Crippen LogP contribution in [0.1, 0.15) is 34.3 Å². The summed E-state index contributed by atoms with van der Waals surface area (Å²) in [4.78, 5) is 30.1. The lowest BCUT2D eigenvalue weighted by Crippen LogP contribution is -2.47. The van der Waals surface area contributed by atoms with E-state index in [9.17, 15) is 14.9 Å². The number of fused-ring (bicyclic) bond motifs is 3. The lowest BCUT2D eigenvalue weighted by Gasteiger charge is -2.36. The molecule has 0 aromatic heterocycles. The number of anilines is 1. The van der Waals surface area contributed by atoms with E-state index in [1.54, 1.807) is 32.2 Å². The van der Waals surface area contributed by atoms with Gasteiger partial charge in [0.25, 0.3) is 0 Å². The third kappa shape index (κ3) is 3.84. The molecule has 2 aliphatic rings. The number of rotatable bonds is 6. The van der Waals surface area contributed by atoms with E-state index < -0.39 is 29.4 Å². The summed E-state index contributed by atoms with van der Waals surface area (Å²) in [5.41, 5.74) is 1.23. The second-order valence-corrected chi connectivity index (χ2v) is 9.87. The van der Waals surface area contributed by atoms with Crippen molar-refractivity contribution in [3.05, 3.63) is 100 Å². The molecule has 1 fully saturated rings. The SMILES string of the molecule is CCOC(=O)[C@]1(C#N)[C@@H](c2ccccc2)[C@@H](C(=O)c2ccc(OC)c(Br)c2)N2c3ccccc3C=C[C@@H]21. The van der Waals surface area contributed by atoms with Gasteiger partial charge in [0, 0.05) is 17.2 Å². The molecule has 0 amide bonds. The summed E-state index contributed by atoms with van der Waals surface area (Å²) in [7, 11) is 1.56. The number of Topliss-reactive ketones (excluding diaryl/α,β-unsaturated/α-hetero) is 1.